The SMILES string of the molecule is O=C(NCCO)c1ccc(NC(=O)c2nnc(Cl)s2)cc1. The van der Waals surface area contributed by atoms with E-state index >= 15 is 0 Å². The minimum Gasteiger partial charge on any atom is -0.395 e. The molecule has 0 aliphatic rings. The molecule has 2 amide bonds. The van der Waals surface area contributed by atoms with Gasteiger partial charge in [0.05, 0.1) is 6.61 Å². The Kier molecular flexibility index (Phi) is 5.20. The number of halogens is 1. The molecule has 2 rings (SSSR count). The van der Waals surface area contributed by atoms with E-state index in [4.69, 9.17) is 16.7 Å². The van der Waals surface area contributed by atoms with Gasteiger partial charge in [0.1, 0.15) is 0 Å². The van der Waals surface area contributed by atoms with Crippen LogP contribution in [0.25, 0.3) is 0 Å². The Labute approximate surface area is 129 Å². The van der Waals surface area contributed by atoms with Crippen LogP contribution in [0.4, 0.5) is 5.69 Å². The van der Waals surface area contributed by atoms with Crippen LogP contribution in [-0.4, -0.2) is 40.3 Å². The van der Waals surface area contributed by atoms with Crippen molar-refractivity contribution in [1.29, 1.82) is 0 Å². The van der Waals surface area contributed by atoms with Crippen LogP contribution in [0.5, 0.6) is 0 Å². The van der Waals surface area contributed by atoms with Gasteiger partial charge < -0.3 is 15.7 Å². The molecule has 0 radical (unpaired) electrons. The van der Waals surface area contributed by atoms with E-state index in [0.29, 0.717) is 11.3 Å². The van der Waals surface area contributed by atoms with Gasteiger partial charge in [0.25, 0.3) is 11.8 Å². The summed E-state index contributed by atoms with van der Waals surface area (Å²) < 4.78 is 0.191. The molecule has 1 aromatic carbocycles. The topological polar surface area (TPSA) is 104 Å². The molecule has 0 unspecified atom stereocenters. The molecule has 21 heavy (non-hydrogen) atoms. The number of nitrogens with zero attached hydrogens (tertiary/aromatic N) is 2. The van der Waals surface area contributed by atoms with Gasteiger partial charge in [0.2, 0.25) is 9.47 Å². The maximum Gasteiger partial charge on any atom is 0.286 e. The van der Waals surface area contributed by atoms with Gasteiger partial charge in [-0.15, -0.1) is 10.2 Å². The number of aromatic nitrogens is 2. The molecule has 9 heteroatoms. The van der Waals surface area contributed by atoms with Crippen LogP contribution >= 0.6 is 22.9 Å². The Morgan fingerprint density at radius 2 is 1.90 bits per heavy atom. The molecule has 3 N–H and O–H groups in total. The zero-order valence-corrected chi connectivity index (χ0v) is 12.2. The molecular weight excluding hydrogens is 316 g/mol. The van der Waals surface area contributed by atoms with E-state index in [0.717, 1.165) is 11.3 Å². The Bertz CT molecular complexity index is 644. The normalized spacial score (nSPS) is 10.2. The van der Waals surface area contributed by atoms with E-state index in [2.05, 4.69) is 20.8 Å². The molecule has 2 aromatic rings. The molecule has 0 fully saturated rings. The molecule has 0 saturated carbocycles. The quantitative estimate of drug-likeness (QED) is 0.765. The highest BCUT2D eigenvalue weighted by molar-refractivity contribution is 7.17. The van der Waals surface area contributed by atoms with Crippen molar-refractivity contribution in [3.05, 3.63) is 39.3 Å². The van der Waals surface area contributed by atoms with Gasteiger partial charge in [-0.25, -0.2) is 0 Å². The van der Waals surface area contributed by atoms with E-state index in [9.17, 15) is 9.59 Å². The van der Waals surface area contributed by atoms with Crippen molar-refractivity contribution in [3.63, 3.8) is 0 Å². The first-order valence-electron chi connectivity index (χ1n) is 5.89. The number of nitrogens with one attached hydrogen (secondary N) is 2. The molecule has 1 heterocycles. The van der Waals surface area contributed by atoms with Gasteiger partial charge >= 0.3 is 0 Å². The average molecular weight is 327 g/mol. The van der Waals surface area contributed by atoms with Crippen LogP contribution in [0, 0.1) is 0 Å². The summed E-state index contributed by atoms with van der Waals surface area (Å²) in [5, 5.41) is 21.1. The van der Waals surface area contributed by atoms with Gasteiger partial charge in [-0.3, -0.25) is 9.59 Å². The molecule has 0 aliphatic heterocycles. The third kappa shape index (κ3) is 4.22. The van der Waals surface area contributed by atoms with Crippen molar-refractivity contribution in [1.82, 2.24) is 15.5 Å². The predicted molar refractivity (Wildman–Crippen MR) is 78.7 cm³/mol. The number of benzene rings is 1. The highest BCUT2D eigenvalue weighted by Crippen LogP contribution is 2.17. The van der Waals surface area contributed by atoms with Crippen LogP contribution in [0.15, 0.2) is 24.3 Å². The number of hydrogen-bond acceptors (Lipinski definition) is 6. The summed E-state index contributed by atoms with van der Waals surface area (Å²) in [6.45, 7) is 0.0689. The second-order valence-electron chi connectivity index (χ2n) is 3.87. The number of carbonyl (C=O) groups excluding carboxylic acids is 2. The lowest BCUT2D eigenvalue weighted by molar-refractivity contribution is 0.0944. The molecule has 7 nitrogen and oxygen atoms in total. The lowest BCUT2D eigenvalue weighted by Crippen LogP contribution is -2.26. The number of anilines is 1. The molecule has 0 spiro atoms. The first kappa shape index (κ1) is 15.4. The Balaban J connectivity index is 1.99. The minimum absolute atomic E-state index is 0.121. The summed E-state index contributed by atoms with van der Waals surface area (Å²) in [4.78, 5) is 23.4. The maximum atomic E-state index is 11.8. The number of carbonyl (C=O) groups is 2. The van der Waals surface area contributed by atoms with Crippen LogP contribution in [0.1, 0.15) is 20.2 Å². The number of aliphatic hydroxyl groups excluding tert-OH is 1. The Morgan fingerprint density at radius 1 is 1.19 bits per heavy atom. The second kappa shape index (κ2) is 7.11. The first-order valence-corrected chi connectivity index (χ1v) is 7.09. The smallest absolute Gasteiger partial charge is 0.286 e. The minimum atomic E-state index is -0.420. The van der Waals surface area contributed by atoms with Crippen LogP contribution in [0.3, 0.4) is 0 Å². The van der Waals surface area contributed by atoms with Crippen molar-refractivity contribution in [3.8, 4) is 0 Å². The fourth-order valence-corrected chi connectivity index (χ4v) is 2.18. The van der Waals surface area contributed by atoms with Crippen molar-refractivity contribution in [2.75, 3.05) is 18.5 Å². The first-order chi connectivity index (χ1) is 10.1. The molecule has 0 atom stereocenters. The molecule has 0 saturated heterocycles. The Hall–Kier alpha value is -2.03. The number of hydrogen-bond donors (Lipinski definition) is 3. The van der Waals surface area contributed by atoms with E-state index in [1.54, 1.807) is 24.3 Å². The summed E-state index contributed by atoms with van der Waals surface area (Å²) in [6.07, 6.45) is 0. The van der Waals surface area contributed by atoms with Crippen molar-refractivity contribution < 1.29 is 14.7 Å². The van der Waals surface area contributed by atoms with E-state index < -0.39 is 5.91 Å². The van der Waals surface area contributed by atoms with Crippen molar-refractivity contribution in [2.24, 2.45) is 0 Å². The van der Waals surface area contributed by atoms with Crippen LogP contribution < -0.4 is 10.6 Å². The van der Waals surface area contributed by atoms with E-state index in [-0.39, 0.29) is 28.5 Å². The number of amides is 2. The largest absolute Gasteiger partial charge is 0.395 e. The maximum absolute atomic E-state index is 11.8. The molecule has 110 valence electrons. The third-order valence-electron chi connectivity index (χ3n) is 2.40. The van der Waals surface area contributed by atoms with Crippen LogP contribution in [-0.2, 0) is 0 Å². The highest BCUT2D eigenvalue weighted by Gasteiger charge is 2.12. The molecule has 0 bridgehead atoms. The van der Waals surface area contributed by atoms with Gasteiger partial charge in [0, 0.05) is 17.8 Å². The van der Waals surface area contributed by atoms with Gasteiger partial charge in [-0.05, 0) is 35.9 Å². The number of aliphatic hydroxyl groups is 1. The van der Waals surface area contributed by atoms with Crippen LogP contribution in [0.2, 0.25) is 4.47 Å². The van der Waals surface area contributed by atoms with Gasteiger partial charge in [0.15, 0.2) is 0 Å². The molecule has 1 aromatic heterocycles. The number of rotatable bonds is 5. The lowest BCUT2D eigenvalue weighted by Gasteiger charge is -2.05. The zero-order chi connectivity index (χ0) is 15.2. The lowest BCUT2D eigenvalue weighted by atomic mass is 10.2. The summed E-state index contributed by atoms with van der Waals surface area (Å²) in [5.41, 5.74) is 0.949. The summed E-state index contributed by atoms with van der Waals surface area (Å²) in [6, 6.07) is 6.31. The molecular formula is C12H11ClN4O3S. The van der Waals surface area contributed by atoms with E-state index in [1.165, 1.54) is 0 Å². The zero-order valence-electron chi connectivity index (χ0n) is 10.7. The van der Waals surface area contributed by atoms with Crippen molar-refractivity contribution in [2.45, 2.75) is 0 Å². The summed E-state index contributed by atoms with van der Waals surface area (Å²) in [7, 11) is 0. The summed E-state index contributed by atoms with van der Waals surface area (Å²) in [5.74, 6) is -0.713. The molecule has 0 aliphatic carbocycles. The van der Waals surface area contributed by atoms with Gasteiger partial charge in [-0.2, -0.15) is 0 Å². The monoisotopic (exact) mass is 326 g/mol. The van der Waals surface area contributed by atoms with Gasteiger partial charge in [-0.1, -0.05) is 11.3 Å². The fourth-order valence-electron chi connectivity index (χ4n) is 1.46. The summed E-state index contributed by atoms with van der Waals surface area (Å²) >= 11 is 6.58. The average Bonchev–Trinajstić information content (AvgIpc) is 2.92. The fraction of sp³-hybridized carbons (Fsp3) is 0.167. The third-order valence-corrected chi connectivity index (χ3v) is 3.41. The predicted octanol–water partition coefficient (Wildman–Crippen LogP) is 1.17. The Morgan fingerprint density at radius 3 is 2.48 bits per heavy atom. The van der Waals surface area contributed by atoms with E-state index in [1.807, 2.05) is 0 Å². The highest BCUT2D eigenvalue weighted by atomic mass is 35.5. The second-order valence-corrected chi connectivity index (χ2v) is 5.43. The van der Waals surface area contributed by atoms with Crippen molar-refractivity contribution >= 4 is 40.4 Å². The standard InChI is InChI=1S/C12H11ClN4O3S/c13-12-17-16-11(21-12)10(20)15-8-3-1-7(2-4-8)9(19)14-5-6-18/h1-4,18H,5-6H2,(H,14,19)(H,15,20).